The van der Waals surface area contributed by atoms with E-state index in [1.54, 1.807) is 64.0 Å². The van der Waals surface area contributed by atoms with Gasteiger partial charge in [-0.2, -0.15) is 5.10 Å². The van der Waals surface area contributed by atoms with Crippen LogP contribution in [-0.4, -0.2) is 47.2 Å². The lowest BCUT2D eigenvalue weighted by Crippen LogP contribution is -2.26. The molecule has 1 N–H and O–H groups in total. The van der Waals surface area contributed by atoms with Gasteiger partial charge in [0.1, 0.15) is 11.3 Å². The molecular weight excluding hydrogens is 362 g/mol. The Morgan fingerprint density at radius 2 is 1.96 bits per heavy atom. The molecule has 0 atom stereocenters. The van der Waals surface area contributed by atoms with Crippen molar-refractivity contribution in [2.45, 2.75) is 33.3 Å². The first-order chi connectivity index (χ1) is 13.2. The van der Waals surface area contributed by atoms with Gasteiger partial charge in [0.25, 0.3) is 5.91 Å². The molecule has 0 aliphatic carbocycles. The summed E-state index contributed by atoms with van der Waals surface area (Å²) in [5, 5.41) is 14.7. The quantitative estimate of drug-likeness (QED) is 0.684. The number of aryl methyl sites for hydroxylation is 1. The third-order valence-corrected chi connectivity index (χ3v) is 3.69. The molecule has 3 aromatic rings. The predicted octanol–water partition coefficient (Wildman–Crippen LogP) is 1.91. The molecule has 0 aliphatic heterocycles. The van der Waals surface area contributed by atoms with E-state index in [0.29, 0.717) is 11.4 Å². The van der Waals surface area contributed by atoms with E-state index in [2.05, 4.69) is 25.7 Å². The number of anilines is 1. The van der Waals surface area contributed by atoms with Crippen molar-refractivity contribution in [3.63, 3.8) is 0 Å². The summed E-state index contributed by atoms with van der Waals surface area (Å²) in [5.41, 5.74) is 0.914. The number of esters is 1. The zero-order valence-electron chi connectivity index (χ0n) is 16.3. The van der Waals surface area contributed by atoms with E-state index in [1.807, 2.05) is 0 Å². The van der Waals surface area contributed by atoms with Crippen LogP contribution in [-0.2, 0) is 11.8 Å². The Hall–Kier alpha value is -3.56. The summed E-state index contributed by atoms with van der Waals surface area (Å²) >= 11 is 0. The van der Waals surface area contributed by atoms with Crippen molar-refractivity contribution in [3.8, 4) is 5.69 Å². The van der Waals surface area contributed by atoms with Gasteiger partial charge in [0.2, 0.25) is 0 Å². The molecule has 0 radical (unpaired) electrons. The van der Waals surface area contributed by atoms with E-state index in [-0.39, 0.29) is 17.1 Å². The molecule has 0 bridgehead atoms. The summed E-state index contributed by atoms with van der Waals surface area (Å²) in [6.45, 7) is 6.99. The maximum Gasteiger partial charge on any atom is 0.359 e. The zero-order chi connectivity index (χ0) is 20.5. The second-order valence-electron chi connectivity index (χ2n) is 7.16. The largest absolute Gasteiger partial charge is 0.455 e. The van der Waals surface area contributed by atoms with Gasteiger partial charge in [-0.3, -0.25) is 9.48 Å². The van der Waals surface area contributed by atoms with Crippen molar-refractivity contribution in [1.29, 1.82) is 0 Å². The minimum atomic E-state index is -0.682. The molecule has 0 aromatic carbocycles. The molecule has 0 saturated carbocycles. The Morgan fingerprint density at radius 1 is 1.21 bits per heavy atom. The second-order valence-corrected chi connectivity index (χ2v) is 7.16. The third-order valence-electron chi connectivity index (χ3n) is 3.69. The van der Waals surface area contributed by atoms with Crippen LogP contribution in [0.15, 0.2) is 30.7 Å². The van der Waals surface area contributed by atoms with E-state index in [0.717, 1.165) is 0 Å². The summed E-state index contributed by atoms with van der Waals surface area (Å²) in [7, 11) is 1.78. The number of ether oxygens (including phenoxy) is 1. The van der Waals surface area contributed by atoms with Gasteiger partial charge in [-0.1, -0.05) is 5.21 Å². The zero-order valence-corrected chi connectivity index (χ0v) is 16.3. The highest BCUT2D eigenvalue weighted by atomic mass is 16.6. The average Bonchev–Trinajstić information content (AvgIpc) is 3.19. The van der Waals surface area contributed by atoms with E-state index < -0.39 is 17.5 Å². The molecule has 0 unspecified atom stereocenters. The fourth-order valence-electron chi connectivity index (χ4n) is 2.48. The summed E-state index contributed by atoms with van der Waals surface area (Å²) in [4.78, 5) is 29.1. The van der Waals surface area contributed by atoms with Crippen LogP contribution in [0.25, 0.3) is 5.69 Å². The number of amides is 1. The molecule has 0 aliphatic rings. The van der Waals surface area contributed by atoms with Crippen molar-refractivity contribution >= 4 is 17.6 Å². The first-order valence-electron chi connectivity index (χ1n) is 8.57. The Morgan fingerprint density at radius 3 is 2.61 bits per heavy atom. The lowest BCUT2D eigenvalue weighted by atomic mass is 10.2. The van der Waals surface area contributed by atoms with Crippen LogP contribution in [0.4, 0.5) is 5.69 Å². The van der Waals surface area contributed by atoms with Gasteiger partial charge in [0, 0.05) is 13.2 Å². The molecule has 3 aromatic heterocycles. The summed E-state index contributed by atoms with van der Waals surface area (Å²) in [5.74, 6) is -1.13. The number of hydrogen-bond acceptors (Lipinski definition) is 7. The van der Waals surface area contributed by atoms with Crippen molar-refractivity contribution < 1.29 is 14.3 Å². The highest BCUT2D eigenvalue weighted by Gasteiger charge is 2.24. The molecule has 146 valence electrons. The van der Waals surface area contributed by atoms with Gasteiger partial charge in [-0.25, -0.2) is 14.5 Å². The number of carbonyl (C=O) groups is 2. The fraction of sp³-hybridized carbons (Fsp3) is 0.333. The van der Waals surface area contributed by atoms with Crippen LogP contribution >= 0.6 is 0 Å². The van der Waals surface area contributed by atoms with Crippen LogP contribution in [0.3, 0.4) is 0 Å². The molecule has 3 heterocycles. The SMILES string of the molecule is Cc1c(C(=O)Nc2cccnc2C(=O)OC(C)(C)C)nnn1-c1cnn(C)c1. The van der Waals surface area contributed by atoms with Crippen LogP contribution in [0, 0.1) is 6.92 Å². The van der Waals surface area contributed by atoms with Crippen LogP contribution in [0.2, 0.25) is 0 Å². The van der Waals surface area contributed by atoms with E-state index in [1.165, 1.54) is 10.9 Å². The highest BCUT2D eigenvalue weighted by molar-refractivity contribution is 6.06. The molecule has 28 heavy (non-hydrogen) atoms. The Labute approximate surface area is 161 Å². The van der Waals surface area contributed by atoms with Crippen molar-refractivity contribution in [2.75, 3.05) is 5.32 Å². The number of aromatic nitrogens is 6. The fourth-order valence-corrected chi connectivity index (χ4v) is 2.48. The van der Waals surface area contributed by atoms with Crippen molar-refractivity contribution in [3.05, 3.63) is 47.8 Å². The van der Waals surface area contributed by atoms with Crippen molar-refractivity contribution in [1.82, 2.24) is 29.8 Å². The van der Waals surface area contributed by atoms with E-state index in [4.69, 9.17) is 4.74 Å². The maximum atomic E-state index is 12.7. The average molecular weight is 383 g/mol. The number of hydrogen-bond donors (Lipinski definition) is 1. The van der Waals surface area contributed by atoms with Gasteiger partial charge in [-0.15, -0.1) is 5.10 Å². The van der Waals surface area contributed by atoms with E-state index in [9.17, 15) is 9.59 Å². The Balaban J connectivity index is 1.85. The number of pyridine rings is 1. The van der Waals surface area contributed by atoms with Gasteiger partial charge >= 0.3 is 5.97 Å². The lowest BCUT2D eigenvalue weighted by molar-refractivity contribution is 0.00642. The molecule has 10 heteroatoms. The Bertz CT molecular complexity index is 1030. The summed E-state index contributed by atoms with van der Waals surface area (Å²) in [6.07, 6.45) is 4.83. The summed E-state index contributed by atoms with van der Waals surface area (Å²) in [6, 6.07) is 3.19. The van der Waals surface area contributed by atoms with Crippen LogP contribution < -0.4 is 5.32 Å². The lowest BCUT2D eigenvalue weighted by Gasteiger charge is -2.20. The summed E-state index contributed by atoms with van der Waals surface area (Å²) < 4.78 is 8.48. The van der Waals surface area contributed by atoms with Crippen molar-refractivity contribution in [2.24, 2.45) is 7.05 Å². The molecule has 0 spiro atoms. The number of nitrogens with zero attached hydrogens (tertiary/aromatic N) is 6. The minimum absolute atomic E-state index is 0.0167. The molecule has 1 amide bonds. The van der Waals surface area contributed by atoms with Gasteiger partial charge < -0.3 is 10.1 Å². The number of carbonyl (C=O) groups excluding carboxylic acids is 2. The molecule has 0 saturated heterocycles. The second kappa shape index (κ2) is 7.22. The van der Waals surface area contributed by atoms with Gasteiger partial charge in [0.15, 0.2) is 11.4 Å². The maximum absolute atomic E-state index is 12.7. The molecule has 0 fully saturated rings. The molecule has 3 rings (SSSR count). The smallest absolute Gasteiger partial charge is 0.359 e. The third kappa shape index (κ3) is 4.05. The predicted molar refractivity (Wildman–Crippen MR) is 100 cm³/mol. The highest BCUT2D eigenvalue weighted by Crippen LogP contribution is 2.19. The monoisotopic (exact) mass is 383 g/mol. The van der Waals surface area contributed by atoms with Crippen LogP contribution in [0.1, 0.15) is 47.4 Å². The van der Waals surface area contributed by atoms with Gasteiger partial charge in [0.05, 0.1) is 23.8 Å². The minimum Gasteiger partial charge on any atom is -0.455 e. The van der Waals surface area contributed by atoms with Crippen LogP contribution in [0.5, 0.6) is 0 Å². The Kier molecular flexibility index (Phi) is 4.95. The first kappa shape index (κ1) is 19.2. The van der Waals surface area contributed by atoms with Gasteiger partial charge in [-0.05, 0) is 39.8 Å². The number of rotatable bonds is 4. The molecular formula is C18H21N7O3. The molecule has 10 nitrogen and oxygen atoms in total. The first-order valence-corrected chi connectivity index (χ1v) is 8.57. The van der Waals surface area contributed by atoms with E-state index >= 15 is 0 Å². The standard InChI is InChI=1S/C18H21N7O3/c1-11-14(22-23-25(11)12-9-20-24(5)10-12)16(26)21-13-7-6-8-19-15(13)17(27)28-18(2,3)4/h6-10H,1-5H3,(H,21,26). The number of nitrogens with one attached hydrogen (secondary N) is 1. The topological polar surface area (TPSA) is 117 Å². The normalized spacial score (nSPS) is 11.3.